The Hall–Kier alpha value is -3.62. The number of benzene rings is 2. The first-order valence-corrected chi connectivity index (χ1v) is 7.33. The van der Waals surface area contributed by atoms with Crippen molar-refractivity contribution in [2.24, 2.45) is 0 Å². The van der Waals surface area contributed by atoms with Crippen LogP contribution in [0.1, 0.15) is 20.7 Å². The molecule has 136 valence electrons. The van der Waals surface area contributed by atoms with E-state index in [0.29, 0.717) is 11.5 Å². The average Bonchev–Trinajstić information content (AvgIpc) is 2.65. The topological polar surface area (TPSA) is 131 Å². The van der Waals surface area contributed by atoms with Gasteiger partial charge in [-0.05, 0) is 30.3 Å². The Bertz CT molecular complexity index is 864. The number of carbonyl (C=O) groups excluding carboxylic acids is 2. The lowest BCUT2D eigenvalue weighted by Gasteiger charge is -2.10. The van der Waals surface area contributed by atoms with Gasteiger partial charge in [0.25, 0.3) is 5.69 Å². The lowest BCUT2D eigenvalue weighted by atomic mass is 10.1. The van der Waals surface area contributed by atoms with E-state index in [1.54, 1.807) is 12.1 Å². The zero-order valence-corrected chi connectivity index (χ0v) is 14.1. The number of hydrogen-bond acceptors (Lipinski definition) is 8. The molecular formula is C17H16N2O7. The van der Waals surface area contributed by atoms with Crippen molar-refractivity contribution in [2.75, 3.05) is 26.6 Å². The Balaban J connectivity index is 2.14. The van der Waals surface area contributed by atoms with Crippen LogP contribution in [-0.4, -0.2) is 37.5 Å². The second-order valence-corrected chi connectivity index (χ2v) is 5.10. The maximum Gasteiger partial charge on any atom is 0.338 e. The van der Waals surface area contributed by atoms with Gasteiger partial charge in [0.05, 0.1) is 30.3 Å². The molecule has 0 aliphatic heterocycles. The molecule has 2 aromatic carbocycles. The summed E-state index contributed by atoms with van der Waals surface area (Å²) >= 11 is 0. The lowest BCUT2D eigenvalue weighted by Crippen LogP contribution is -2.15. The zero-order valence-electron chi connectivity index (χ0n) is 14.1. The van der Waals surface area contributed by atoms with Crippen molar-refractivity contribution in [1.82, 2.24) is 0 Å². The van der Waals surface area contributed by atoms with Crippen molar-refractivity contribution in [2.45, 2.75) is 0 Å². The third-order valence-electron chi connectivity index (χ3n) is 3.50. The summed E-state index contributed by atoms with van der Waals surface area (Å²) in [5.41, 5.74) is 5.07. The highest BCUT2D eigenvalue weighted by molar-refractivity contribution is 6.01. The Kier molecular flexibility index (Phi) is 5.74. The molecule has 9 nitrogen and oxygen atoms in total. The molecule has 0 aliphatic carbocycles. The van der Waals surface area contributed by atoms with Crippen LogP contribution >= 0.6 is 0 Å². The van der Waals surface area contributed by atoms with Crippen LogP contribution in [0.2, 0.25) is 0 Å². The minimum Gasteiger partial charge on any atom is -0.497 e. The van der Waals surface area contributed by atoms with Gasteiger partial charge in [-0.15, -0.1) is 0 Å². The number of Topliss-reactive ketones (excluding diaryl/α,β-unsaturated/α-hetero) is 1. The fraction of sp³-hybridized carbons (Fsp3) is 0.176. The Morgan fingerprint density at radius 2 is 1.85 bits per heavy atom. The summed E-state index contributed by atoms with van der Waals surface area (Å²) < 4.78 is 15.1. The molecule has 0 saturated carbocycles. The molecule has 0 unspecified atom stereocenters. The van der Waals surface area contributed by atoms with E-state index >= 15 is 0 Å². The number of carbonyl (C=O) groups is 2. The Morgan fingerprint density at radius 3 is 2.46 bits per heavy atom. The number of methoxy groups -OCH3 is 2. The maximum absolute atomic E-state index is 12.3. The number of nitro benzene ring substituents is 1. The van der Waals surface area contributed by atoms with Crippen LogP contribution in [0.15, 0.2) is 36.4 Å². The van der Waals surface area contributed by atoms with Crippen LogP contribution in [0, 0.1) is 10.1 Å². The van der Waals surface area contributed by atoms with Crippen LogP contribution in [0.25, 0.3) is 0 Å². The van der Waals surface area contributed by atoms with Gasteiger partial charge in [-0.25, -0.2) is 4.79 Å². The molecule has 0 aromatic heterocycles. The first kappa shape index (κ1) is 18.7. The summed E-state index contributed by atoms with van der Waals surface area (Å²) in [6.45, 7) is -0.569. The largest absolute Gasteiger partial charge is 0.497 e. The van der Waals surface area contributed by atoms with E-state index in [2.05, 4.69) is 0 Å². The Morgan fingerprint density at radius 1 is 1.12 bits per heavy atom. The molecular weight excluding hydrogens is 344 g/mol. The predicted octanol–water partition coefficient (Wildman–Crippen LogP) is 2.23. The molecule has 0 heterocycles. The molecule has 0 bridgehead atoms. The van der Waals surface area contributed by atoms with Gasteiger partial charge in [-0.3, -0.25) is 14.9 Å². The average molecular weight is 360 g/mol. The molecule has 2 aromatic rings. The molecule has 0 saturated heterocycles. The summed E-state index contributed by atoms with van der Waals surface area (Å²) in [7, 11) is 2.85. The first-order valence-electron chi connectivity index (χ1n) is 7.33. The summed E-state index contributed by atoms with van der Waals surface area (Å²) in [5.74, 6) is -0.660. The number of anilines is 1. The van der Waals surface area contributed by atoms with Gasteiger partial charge >= 0.3 is 5.97 Å². The van der Waals surface area contributed by atoms with Crippen LogP contribution < -0.4 is 15.2 Å². The molecule has 0 radical (unpaired) electrons. The predicted molar refractivity (Wildman–Crippen MR) is 91.7 cm³/mol. The summed E-state index contributed by atoms with van der Waals surface area (Å²) in [6, 6.07) is 8.13. The van der Waals surface area contributed by atoms with E-state index in [0.717, 1.165) is 6.07 Å². The number of nitrogens with two attached hydrogens (primary N) is 1. The van der Waals surface area contributed by atoms with Crippen molar-refractivity contribution >= 4 is 23.1 Å². The summed E-state index contributed by atoms with van der Waals surface area (Å²) in [4.78, 5) is 34.5. The van der Waals surface area contributed by atoms with E-state index < -0.39 is 29.0 Å². The number of nitrogen functional groups attached to an aromatic ring is 1. The van der Waals surface area contributed by atoms with E-state index in [4.69, 9.17) is 19.9 Å². The summed E-state index contributed by atoms with van der Waals surface area (Å²) in [6.07, 6.45) is 0. The van der Waals surface area contributed by atoms with Gasteiger partial charge < -0.3 is 19.9 Å². The van der Waals surface area contributed by atoms with Crippen molar-refractivity contribution < 1.29 is 28.7 Å². The summed E-state index contributed by atoms with van der Waals surface area (Å²) in [5, 5.41) is 10.9. The zero-order chi connectivity index (χ0) is 19.3. The molecule has 9 heteroatoms. The van der Waals surface area contributed by atoms with Crippen molar-refractivity contribution in [1.29, 1.82) is 0 Å². The molecule has 0 amide bonds. The highest BCUT2D eigenvalue weighted by atomic mass is 16.6. The second kappa shape index (κ2) is 7.97. The van der Waals surface area contributed by atoms with Gasteiger partial charge in [0.1, 0.15) is 17.2 Å². The quantitative estimate of drug-likeness (QED) is 0.261. The minimum atomic E-state index is -0.886. The molecule has 0 fully saturated rings. The number of hydrogen-bond donors (Lipinski definition) is 1. The van der Waals surface area contributed by atoms with Crippen LogP contribution in [0.5, 0.6) is 11.5 Å². The molecule has 0 spiro atoms. The molecule has 2 rings (SSSR count). The van der Waals surface area contributed by atoms with Gasteiger partial charge in [0.15, 0.2) is 6.61 Å². The van der Waals surface area contributed by atoms with Crippen LogP contribution in [0.4, 0.5) is 11.4 Å². The third-order valence-corrected chi connectivity index (χ3v) is 3.50. The maximum atomic E-state index is 12.3. The Labute approximate surface area is 148 Å². The fourth-order valence-electron chi connectivity index (χ4n) is 2.15. The smallest absolute Gasteiger partial charge is 0.338 e. The third kappa shape index (κ3) is 4.07. The normalized spacial score (nSPS) is 10.1. The van der Waals surface area contributed by atoms with Gasteiger partial charge in [0, 0.05) is 6.07 Å². The van der Waals surface area contributed by atoms with E-state index in [1.165, 1.54) is 32.4 Å². The number of rotatable bonds is 7. The molecule has 26 heavy (non-hydrogen) atoms. The van der Waals surface area contributed by atoms with Gasteiger partial charge in [0.2, 0.25) is 5.78 Å². The van der Waals surface area contributed by atoms with Crippen molar-refractivity contribution in [3.63, 3.8) is 0 Å². The number of esters is 1. The number of ketones is 1. The monoisotopic (exact) mass is 360 g/mol. The molecule has 0 atom stereocenters. The lowest BCUT2D eigenvalue weighted by molar-refractivity contribution is -0.383. The van der Waals surface area contributed by atoms with E-state index in [1.807, 2.05) is 0 Å². The number of nitrogens with zero attached hydrogens (tertiary/aromatic N) is 1. The van der Waals surface area contributed by atoms with E-state index in [9.17, 15) is 19.7 Å². The van der Waals surface area contributed by atoms with Crippen LogP contribution in [0.3, 0.4) is 0 Å². The number of ether oxygens (including phenoxy) is 3. The van der Waals surface area contributed by atoms with Gasteiger partial charge in [-0.1, -0.05) is 0 Å². The highest BCUT2D eigenvalue weighted by Crippen LogP contribution is 2.25. The minimum absolute atomic E-state index is 0.0799. The fourth-order valence-corrected chi connectivity index (χ4v) is 2.15. The molecule has 0 aliphatic rings. The SMILES string of the molecule is COc1ccc(OC)c(C(=O)COC(=O)c2ccc(N)c([N+](=O)[O-])c2)c1. The van der Waals surface area contributed by atoms with Crippen molar-refractivity contribution in [3.05, 3.63) is 57.6 Å². The van der Waals surface area contributed by atoms with Gasteiger partial charge in [-0.2, -0.15) is 0 Å². The van der Waals surface area contributed by atoms with Crippen LogP contribution in [-0.2, 0) is 4.74 Å². The highest BCUT2D eigenvalue weighted by Gasteiger charge is 2.19. The first-order chi connectivity index (χ1) is 12.4. The number of nitro groups is 1. The second-order valence-electron chi connectivity index (χ2n) is 5.10. The molecule has 2 N–H and O–H groups in total. The standard InChI is InChI=1S/C17H16N2O7/c1-24-11-4-6-16(25-2)12(8-11)15(20)9-26-17(21)10-3-5-13(18)14(7-10)19(22)23/h3-8H,9,18H2,1-2H3. The van der Waals surface area contributed by atoms with E-state index in [-0.39, 0.29) is 16.8 Å². The van der Waals surface area contributed by atoms with Crippen molar-refractivity contribution in [3.8, 4) is 11.5 Å².